The zero-order chi connectivity index (χ0) is 18.1. The zero-order valence-corrected chi connectivity index (χ0v) is 15.2. The van der Waals surface area contributed by atoms with Crippen LogP contribution in [0.25, 0.3) is 0 Å². The van der Waals surface area contributed by atoms with Crippen molar-refractivity contribution in [1.29, 1.82) is 0 Å². The Morgan fingerprint density at radius 1 is 1.31 bits per heavy atom. The maximum absolute atomic E-state index is 13.1. The van der Waals surface area contributed by atoms with Crippen molar-refractivity contribution in [1.82, 2.24) is 9.88 Å². The molecule has 2 amide bonds. The lowest BCUT2D eigenvalue weighted by atomic mass is 10.2. The average molecular weight is 373 g/mol. The predicted octanol–water partition coefficient (Wildman–Crippen LogP) is 3.14. The molecule has 0 unspecified atom stereocenters. The molecule has 26 heavy (non-hydrogen) atoms. The van der Waals surface area contributed by atoms with E-state index in [0.29, 0.717) is 30.3 Å². The second kappa shape index (κ2) is 7.15. The standard InChI is InChI=1S/C19H20FN3O2S/c20-14-5-3-13(4-6-14)11-23(16-7-8-16)18(25)10-15-12-26-19(21-15)22-9-1-2-17(22)24/h3-6,12,16H,1-2,7-11H2. The summed E-state index contributed by atoms with van der Waals surface area (Å²) in [5.41, 5.74) is 1.63. The SMILES string of the molecule is O=C1CCCN1c1nc(CC(=O)N(Cc2ccc(F)cc2)C2CC2)cs1. The Balaban J connectivity index is 1.43. The van der Waals surface area contributed by atoms with Gasteiger partial charge in [0.25, 0.3) is 0 Å². The molecule has 1 saturated carbocycles. The van der Waals surface area contributed by atoms with E-state index < -0.39 is 0 Å². The van der Waals surface area contributed by atoms with Gasteiger partial charge >= 0.3 is 0 Å². The van der Waals surface area contributed by atoms with Crippen LogP contribution in [-0.2, 0) is 22.6 Å². The van der Waals surface area contributed by atoms with E-state index in [1.54, 1.807) is 17.0 Å². The summed E-state index contributed by atoms with van der Waals surface area (Å²) in [6.07, 6.45) is 3.69. The van der Waals surface area contributed by atoms with Crippen LogP contribution < -0.4 is 4.90 Å². The van der Waals surface area contributed by atoms with Gasteiger partial charge in [0.2, 0.25) is 11.8 Å². The van der Waals surface area contributed by atoms with E-state index >= 15 is 0 Å². The first-order valence-corrected chi connectivity index (χ1v) is 9.77. The van der Waals surface area contributed by atoms with Gasteiger partial charge in [-0.1, -0.05) is 12.1 Å². The Kier molecular flexibility index (Phi) is 4.72. The van der Waals surface area contributed by atoms with Crippen LogP contribution in [0.2, 0.25) is 0 Å². The first-order chi connectivity index (χ1) is 12.6. The van der Waals surface area contributed by atoms with Gasteiger partial charge in [-0.25, -0.2) is 9.37 Å². The Hall–Kier alpha value is -2.28. The minimum Gasteiger partial charge on any atom is -0.335 e. The first kappa shape index (κ1) is 17.1. The molecule has 0 radical (unpaired) electrons. The number of hydrogen-bond acceptors (Lipinski definition) is 4. The molecule has 1 aromatic carbocycles. The first-order valence-electron chi connectivity index (χ1n) is 8.89. The van der Waals surface area contributed by atoms with Crippen LogP contribution in [0.3, 0.4) is 0 Å². The van der Waals surface area contributed by atoms with Crippen LogP contribution in [0.5, 0.6) is 0 Å². The highest BCUT2D eigenvalue weighted by molar-refractivity contribution is 7.14. The molecule has 0 spiro atoms. The lowest BCUT2D eigenvalue weighted by Gasteiger charge is -2.22. The smallest absolute Gasteiger partial charge is 0.229 e. The van der Waals surface area contributed by atoms with Crippen LogP contribution in [0.1, 0.15) is 36.9 Å². The van der Waals surface area contributed by atoms with Gasteiger partial charge in [-0.3, -0.25) is 14.5 Å². The topological polar surface area (TPSA) is 53.5 Å². The Morgan fingerprint density at radius 3 is 2.73 bits per heavy atom. The summed E-state index contributed by atoms with van der Waals surface area (Å²) in [6.45, 7) is 1.20. The van der Waals surface area contributed by atoms with Crippen molar-refractivity contribution in [2.45, 2.75) is 44.7 Å². The monoisotopic (exact) mass is 373 g/mol. The van der Waals surface area contributed by atoms with E-state index in [2.05, 4.69) is 4.98 Å². The number of amides is 2. The van der Waals surface area contributed by atoms with Crippen molar-refractivity contribution in [2.24, 2.45) is 0 Å². The maximum Gasteiger partial charge on any atom is 0.229 e. The van der Waals surface area contributed by atoms with Gasteiger partial charge in [-0.15, -0.1) is 11.3 Å². The van der Waals surface area contributed by atoms with Gasteiger partial charge in [0.05, 0.1) is 12.1 Å². The number of hydrogen-bond donors (Lipinski definition) is 0. The lowest BCUT2D eigenvalue weighted by molar-refractivity contribution is -0.131. The van der Waals surface area contributed by atoms with E-state index in [1.165, 1.54) is 23.5 Å². The number of halogens is 1. The van der Waals surface area contributed by atoms with Gasteiger partial charge in [0.15, 0.2) is 5.13 Å². The molecule has 2 fully saturated rings. The van der Waals surface area contributed by atoms with E-state index in [1.807, 2.05) is 10.3 Å². The normalized spacial score (nSPS) is 17.0. The predicted molar refractivity (Wildman–Crippen MR) is 97.4 cm³/mol. The molecule has 136 valence electrons. The van der Waals surface area contributed by atoms with Gasteiger partial charge < -0.3 is 4.90 Å². The molecule has 0 N–H and O–H groups in total. The molecule has 1 aliphatic carbocycles. The number of carbonyl (C=O) groups excluding carboxylic acids is 2. The van der Waals surface area contributed by atoms with Crippen LogP contribution in [0, 0.1) is 5.82 Å². The van der Waals surface area contributed by atoms with Crippen LogP contribution in [0.4, 0.5) is 9.52 Å². The van der Waals surface area contributed by atoms with Gasteiger partial charge in [0.1, 0.15) is 5.82 Å². The summed E-state index contributed by atoms with van der Waals surface area (Å²) < 4.78 is 13.1. The fourth-order valence-corrected chi connectivity index (χ4v) is 4.07. The molecule has 1 aromatic heterocycles. The molecular formula is C19H20FN3O2S. The fraction of sp³-hybridized carbons (Fsp3) is 0.421. The molecule has 2 aromatic rings. The molecule has 2 aliphatic rings. The minimum absolute atomic E-state index is 0.0291. The second-order valence-corrected chi connectivity index (χ2v) is 7.66. The number of thiazole rings is 1. The lowest BCUT2D eigenvalue weighted by Crippen LogP contribution is -2.34. The summed E-state index contributed by atoms with van der Waals surface area (Å²) in [7, 11) is 0. The third kappa shape index (κ3) is 3.77. The van der Waals surface area contributed by atoms with E-state index in [9.17, 15) is 14.0 Å². The zero-order valence-electron chi connectivity index (χ0n) is 14.4. The summed E-state index contributed by atoms with van der Waals surface area (Å²) in [5.74, 6) is -0.140. The number of benzene rings is 1. The molecular weight excluding hydrogens is 353 g/mol. The number of rotatable bonds is 6. The van der Waals surface area contributed by atoms with Gasteiger partial charge in [-0.2, -0.15) is 0 Å². The van der Waals surface area contributed by atoms with E-state index in [-0.39, 0.29) is 30.1 Å². The number of nitrogens with zero attached hydrogens (tertiary/aromatic N) is 3. The average Bonchev–Trinajstić information content (AvgIpc) is 3.21. The molecule has 0 bridgehead atoms. The third-order valence-corrected chi connectivity index (χ3v) is 5.66. The van der Waals surface area contributed by atoms with E-state index in [0.717, 1.165) is 24.8 Å². The molecule has 1 saturated heterocycles. The van der Waals surface area contributed by atoms with Gasteiger partial charge in [-0.05, 0) is 37.0 Å². The Labute approximate surface area is 155 Å². The Morgan fingerprint density at radius 2 is 2.08 bits per heavy atom. The number of anilines is 1. The fourth-order valence-electron chi connectivity index (χ4n) is 3.20. The van der Waals surface area contributed by atoms with Crippen molar-refractivity contribution in [2.75, 3.05) is 11.4 Å². The van der Waals surface area contributed by atoms with Crippen molar-refractivity contribution < 1.29 is 14.0 Å². The molecule has 7 heteroatoms. The molecule has 5 nitrogen and oxygen atoms in total. The summed E-state index contributed by atoms with van der Waals surface area (Å²) in [4.78, 5) is 32.7. The summed E-state index contributed by atoms with van der Waals surface area (Å²) in [5, 5.41) is 2.55. The number of carbonyl (C=O) groups is 2. The minimum atomic E-state index is -0.274. The molecule has 2 heterocycles. The van der Waals surface area contributed by atoms with Gasteiger partial charge in [0, 0.05) is 30.9 Å². The van der Waals surface area contributed by atoms with Crippen molar-refractivity contribution in [3.63, 3.8) is 0 Å². The summed E-state index contributed by atoms with van der Waals surface area (Å²) in [6, 6.07) is 6.55. The highest BCUT2D eigenvalue weighted by Gasteiger charge is 2.33. The molecule has 1 aliphatic heterocycles. The third-order valence-electron chi connectivity index (χ3n) is 4.75. The largest absolute Gasteiger partial charge is 0.335 e. The van der Waals surface area contributed by atoms with Crippen LogP contribution >= 0.6 is 11.3 Å². The highest BCUT2D eigenvalue weighted by atomic mass is 32.1. The highest BCUT2D eigenvalue weighted by Crippen LogP contribution is 2.30. The van der Waals surface area contributed by atoms with Crippen molar-refractivity contribution >= 4 is 28.3 Å². The molecule has 4 rings (SSSR count). The molecule has 0 atom stereocenters. The summed E-state index contributed by atoms with van der Waals surface area (Å²) >= 11 is 1.42. The van der Waals surface area contributed by atoms with Crippen LogP contribution in [-0.4, -0.2) is 34.3 Å². The van der Waals surface area contributed by atoms with E-state index in [4.69, 9.17) is 0 Å². The maximum atomic E-state index is 13.1. The quantitative estimate of drug-likeness (QED) is 0.782. The second-order valence-electron chi connectivity index (χ2n) is 6.83. The van der Waals surface area contributed by atoms with Crippen molar-refractivity contribution in [3.05, 3.63) is 46.7 Å². The Bertz CT molecular complexity index is 816. The number of aromatic nitrogens is 1. The van der Waals surface area contributed by atoms with Crippen molar-refractivity contribution in [3.8, 4) is 0 Å². The van der Waals surface area contributed by atoms with Crippen LogP contribution in [0.15, 0.2) is 29.6 Å².